The van der Waals surface area contributed by atoms with E-state index < -0.39 is 10.2 Å². The first-order valence-corrected chi connectivity index (χ1v) is 13.3. The van der Waals surface area contributed by atoms with E-state index in [-0.39, 0.29) is 27.7 Å². The first-order chi connectivity index (χ1) is 17.9. The summed E-state index contributed by atoms with van der Waals surface area (Å²) in [7, 11) is 0. The van der Waals surface area contributed by atoms with Gasteiger partial charge in [-0.05, 0) is 48.2 Å². The summed E-state index contributed by atoms with van der Waals surface area (Å²) in [6.45, 7) is 8.20. The molecule has 0 aliphatic rings. The summed E-state index contributed by atoms with van der Waals surface area (Å²) in [5, 5.41) is 23.2. The molecule has 1 atom stereocenters. The van der Waals surface area contributed by atoms with Gasteiger partial charge in [0.05, 0.1) is 20.9 Å². The lowest BCUT2D eigenvalue weighted by Crippen LogP contribution is -2.23. The van der Waals surface area contributed by atoms with Gasteiger partial charge < -0.3 is 5.32 Å². The lowest BCUT2D eigenvalue weighted by atomic mass is 9.87. The monoisotopic (exact) mass is 569 g/mol. The van der Waals surface area contributed by atoms with Crippen molar-refractivity contribution in [3.05, 3.63) is 92.5 Å². The molecule has 0 saturated carbocycles. The van der Waals surface area contributed by atoms with Gasteiger partial charge in [0, 0.05) is 28.4 Å². The van der Waals surface area contributed by atoms with Crippen LogP contribution in [0, 0.1) is 10.1 Å². The highest BCUT2D eigenvalue weighted by Gasteiger charge is 2.23. The van der Waals surface area contributed by atoms with Crippen LogP contribution in [-0.2, 0) is 10.2 Å². The number of amides is 1. The van der Waals surface area contributed by atoms with Crippen molar-refractivity contribution >= 4 is 52.2 Å². The number of hydrogen-bond acceptors (Lipinski definition) is 6. The summed E-state index contributed by atoms with van der Waals surface area (Å²) in [5.41, 5.74) is 3.01. The Hall–Kier alpha value is -3.40. The number of benzene rings is 3. The molecule has 1 aromatic heterocycles. The standard InChI is InChI=1S/C27H25Cl2N5O3S/c1-16(25(35)30-23-14-13-21(34(36)37)15-22(23)29)38-26-32-31-24(33(26)20-11-9-19(28)10-12-20)17-5-7-18(8-6-17)27(2,3)4/h5-16H,1-4H3,(H,30,35). The lowest BCUT2D eigenvalue weighted by Gasteiger charge is -2.19. The molecule has 0 fully saturated rings. The molecule has 0 aliphatic carbocycles. The van der Waals surface area contributed by atoms with Gasteiger partial charge in [-0.15, -0.1) is 10.2 Å². The number of carbonyl (C=O) groups is 1. The molecule has 8 nitrogen and oxygen atoms in total. The van der Waals surface area contributed by atoms with Crippen LogP contribution in [0.1, 0.15) is 33.3 Å². The van der Waals surface area contributed by atoms with Crippen LogP contribution in [0.2, 0.25) is 10.0 Å². The molecule has 0 bridgehead atoms. The number of nitro benzene ring substituents is 1. The van der Waals surface area contributed by atoms with Gasteiger partial charge in [0.1, 0.15) is 0 Å². The molecule has 0 saturated heterocycles. The lowest BCUT2D eigenvalue weighted by molar-refractivity contribution is -0.384. The molecule has 1 heterocycles. The molecule has 0 aliphatic heterocycles. The molecular weight excluding hydrogens is 545 g/mol. The van der Waals surface area contributed by atoms with Gasteiger partial charge in [-0.25, -0.2) is 0 Å². The van der Waals surface area contributed by atoms with E-state index in [2.05, 4.69) is 48.4 Å². The molecule has 1 N–H and O–H groups in total. The molecule has 1 unspecified atom stereocenters. The van der Waals surface area contributed by atoms with Crippen molar-refractivity contribution in [1.29, 1.82) is 0 Å². The Morgan fingerprint density at radius 1 is 1.03 bits per heavy atom. The van der Waals surface area contributed by atoms with E-state index in [1.165, 1.54) is 35.5 Å². The van der Waals surface area contributed by atoms with E-state index in [4.69, 9.17) is 23.2 Å². The number of halogens is 2. The average Bonchev–Trinajstić information content (AvgIpc) is 3.28. The molecule has 38 heavy (non-hydrogen) atoms. The number of nitro groups is 1. The summed E-state index contributed by atoms with van der Waals surface area (Å²) in [4.78, 5) is 23.4. The molecule has 0 radical (unpaired) electrons. The summed E-state index contributed by atoms with van der Waals surface area (Å²) in [6.07, 6.45) is 0. The zero-order chi connectivity index (χ0) is 27.6. The van der Waals surface area contributed by atoms with E-state index in [9.17, 15) is 14.9 Å². The zero-order valence-electron chi connectivity index (χ0n) is 21.1. The number of carbonyl (C=O) groups excluding carboxylic acids is 1. The van der Waals surface area contributed by atoms with E-state index in [0.29, 0.717) is 16.0 Å². The second-order valence-corrected chi connectivity index (χ2v) is 11.8. The molecular formula is C27H25Cl2N5O3S. The van der Waals surface area contributed by atoms with Gasteiger partial charge in [-0.2, -0.15) is 0 Å². The minimum absolute atomic E-state index is 0.0127. The van der Waals surface area contributed by atoms with Gasteiger partial charge in [0.25, 0.3) is 5.69 Å². The van der Waals surface area contributed by atoms with Crippen LogP contribution < -0.4 is 5.32 Å². The highest BCUT2D eigenvalue weighted by Crippen LogP contribution is 2.33. The summed E-state index contributed by atoms with van der Waals surface area (Å²) in [5.74, 6) is 0.286. The second kappa shape index (κ2) is 11.1. The van der Waals surface area contributed by atoms with Crippen molar-refractivity contribution in [1.82, 2.24) is 14.8 Å². The number of nitrogens with one attached hydrogen (secondary N) is 1. The number of aromatic nitrogens is 3. The first kappa shape index (κ1) is 27.6. The van der Waals surface area contributed by atoms with Crippen molar-refractivity contribution < 1.29 is 9.72 Å². The SMILES string of the molecule is CC(Sc1nnc(-c2ccc(C(C)(C)C)cc2)n1-c1ccc(Cl)cc1)C(=O)Nc1ccc([N+](=O)[O-])cc1Cl. The fourth-order valence-electron chi connectivity index (χ4n) is 3.64. The zero-order valence-corrected chi connectivity index (χ0v) is 23.4. The van der Waals surface area contributed by atoms with Crippen LogP contribution in [0.25, 0.3) is 17.1 Å². The topological polar surface area (TPSA) is 103 Å². The minimum atomic E-state index is -0.590. The Morgan fingerprint density at radius 2 is 1.68 bits per heavy atom. The Balaban J connectivity index is 1.63. The Morgan fingerprint density at radius 3 is 2.26 bits per heavy atom. The molecule has 3 aromatic carbocycles. The number of rotatable bonds is 7. The van der Waals surface area contributed by atoms with Crippen LogP contribution in [0.3, 0.4) is 0 Å². The smallest absolute Gasteiger partial charge is 0.271 e. The summed E-state index contributed by atoms with van der Waals surface area (Å²) >= 11 is 13.5. The largest absolute Gasteiger partial charge is 0.324 e. The number of anilines is 1. The van der Waals surface area contributed by atoms with Crippen LogP contribution in [0.15, 0.2) is 71.9 Å². The average molecular weight is 571 g/mol. The van der Waals surface area contributed by atoms with Crippen molar-refractivity contribution in [2.24, 2.45) is 0 Å². The Labute approximate surface area is 234 Å². The summed E-state index contributed by atoms with van der Waals surface area (Å²) in [6, 6.07) is 19.4. The van der Waals surface area contributed by atoms with E-state index in [0.717, 1.165) is 11.3 Å². The quantitative estimate of drug-likeness (QED) is 0.140. The maximum absolute atomic E-state index is 13.0. The number of thioether (sulfide) groups is 1. The van der Waals surface area contributed by atoms with Gasteiger partial charge in [-0.1, -0.05) is 80.0 Å². The molecule has 1 amide bonds. The van der Waals surface area contributed by atoms with E-state index in [1.807, 2.05) is 28.8 Å². The highest BCUT2D eigenvalue weighted by atomic mass is 35.5. The highest BCUT2D eigenvalue weighted by molar-refractivity contribution is 8.00. The third-order valence-electron chi connectivity index (χ3n) is 5.80. The van der Waals surface area contributed by atoms with Crippen LogP contribution in [0.5, 0.6) is 0 Å². The Bertz CT molecular complexity index is 1480. The van der Waals surface area contributed by atoms with Crippen LogP contribution >= 0.6 is 35.0 Å². The van der Waals surface area contributed by atoms with Gasteiger partial charge in [0.15, 0.2) is 11.0 Å². The van der Waals surface area contributed by atoms with Gasteiger partial charge in [-0.3, -0.25) is 19.5 Å². The van der Waals surface area contributed by atoms with Crippen molar-refractivity contribution in [2.75, 3.05) is 5.32 Å². The van der Waals surface area contributed by atoms with Crippen molar-refractivity contribution in [3.8, 4) is 17.1 Å². The summed E-state index contributed by atoms with van der Waals surface area (Å²) < 4.78 is 1.88. The van der Waals surface area contributed by atoms with Crippen molar-refractivity contribution in [2.45, 2.75) is 43.5 Å². The number of hydrogen-bond donors (Lipinski definition) is 1. The predicted molar refractivity (Wildman–Crippen MR) is 153 cm³/mol. The fourth-order valence-corrected chi connectivity index (χ4v) is 4.86. The molecule has 4 aromatic rings. The Kier molecular flexibility index (Phi) is 8.10. The first-order valence-electron chi connectivity index (χ1n) is 11.7. The van der Waals surface area contributed by atoms with E-state index >= 15 is 0 Å². The maximum atomic E-state index is 13.0. The second-order valence-electron chi connectivity index (χ2n) is 9.62. The predicted octanol–water partition coefficient (Wildman–Crippen LogP) is 7.57. The normalized spacial score (nSPS) is 12.3. The third kappa shape index (κ3) is 6.18. The number of nitrogens with zero attached hydrogens (tertiary/aromatic N) is 4. The molecule has 11 heteroatoms. The fraction of sp³-hybridized carbons (Fsp3) is 0.222. The molecule has 0 spiro atoms. The molecule has 4 rings (SSSR count). The third-order valence-corrected chi connectivity index (χ3v) is 7.41. The van der Waals surface area contributed by atoms with Gasteiger partial charge >= 0.3 is 0 Å². The minimum Gasteiger partial charge on any atom is -0.324 e. The van der Waals surface area contributed by atoms with Gasteiger partial charge in [0.2, 0.25) is 5.91 Å². The molecule has 196 valence electrons. The maximum Gasteiger partial charge on any atom is 0.271 e. The van der Waals surface area contributed by atoms with E-state index in [1.54, 1.807) is 19.1 Å². The number of non-ortho nitro benzene ring substituents is 1. The van der Waals surface area contributed by atoms with Crippen molar-refractivity contribution in [3.63, 3.8) is 0 Å². The van der Waals surface area contributed by atoms with Crippen LogP contribution in [0.4, 0.5) is 11.4 Å². The van der Waals surface area contributed by atoms with Crippen LogP contribution in [-0.4, -0.2) is 30.8 Å².